The second-order valence-electron chi connectivity index (χ2n) is 5.58. The van der Waals surface area contributed by atoms with Crippen LogP contribution in [-0.2, 0) is 0 Å². The lowest BCUT2D eigenvalue weighted by atomic mass is 10.0. The van der Waals surface area contributed by atoms with E-state index in [2.05, 4.69) is 4.79 Å². The molecule has 1 rings (SSSR count). The summed E-state index contributed by atoms with van der Waals surface area (Å²) in [7, 11) is -2.60. The lowest BCUT2D eigenvalue weighted by Crippen LogP contribution is -2.41. The summed E-state index contributed by atoms with van der Waals surface area (Å²) in [5, 5.41) is 10.3. The molecule has 0 aliphatic heterocycles. The molecular formula is C12H12F3N3O3Si. The van der Waals surface area contributed by atoms with Crippen LogP contribution < -0.4 is 0 Å². The Kier molecular flexibility index (Phi) is 4.69. The fraction of sp³-hybridized carbons (Fsp3) is 0.333. The number of carbonyl (C=O) groups is 1. The van der Waals surface area contributed by atoms with Gasteiger partial charge < -0.3 is 5.53 Å². The molecule has 0 unspecified atom stereocenters. The minimum atomic E-state index is -2.60. The van der Waals surface area contributed by atoms with Crippen LogP contribution in [-0.4, -0.2) is 28.9 Å². The van der Waals surface area contributed by atoms with E-state index in [0.29, 0.717) is 0 Å². The standard InChI is InChI=1S/C12H12F3N3O3Si/c1-5-7(13)6(9(15)10(8(5)14)18(20)21)11(19)12(17-16)22(2,3)4/h1-4H3. The quantitative estimate of drug-likeness (QED) is 0.161. The second kappa shape index (κ2) is 5.82. The summed E-state index contributed by atoms with van der Waals surface area (Å²) in [6, 6.07) is 0. The van der Waals surface area contributed by atoms with Crippen LogP contribution in [0.25, 0.3) is 5.53 Å². The molecule has 0 aliphatic carbocycles. The van der Waals surface area contributed by atoms with Gasteiger partial charge in [-0.25, -0.2) is 4.39 Å². The molecule has 118 valence electrons. The van der Waals surface area contributed by atoms with Crippen molar-refractivity contribution in [3.8, 4) is 0 Å². The van der Waals surface area contributed by atoms with Crippen LogP contribution in [0, 0.1) is 34.5 Å². The molecule has 0 atom stereocenters. The average Bonchev–Trinajstić information content (AvgIpc) is 2.35. The first-order valence-corrected chi connectivity index (χ1v) is 9.53. The molecule has 0 aromatic heterocycles. The Bertz CT molecular complexity index is 738. The van der Waals surface area contributed by atoms with E-state index in [0.717, 1.165) is 6.92 Å². The molecule has 0 fully saturated rings. The highest BCUT2D eigenvalue weighted by Crippen LogP contribution is 2.31. The minimum absolute atomic E-state index is 0.481. The number of benzene rings is 1. The average molecular weight is 331 g/mol. The van der Waals surface area contributed by atoms with Crippen LogP contribution in [0.4, 0.5) is 18.9 Å². The Morgan fingerprint density at radius 2 is 1.68 bits per heavy atom. The zero-order chi connectivity index (χ0) is 17.4. The van der Waals surface area contributed by atoms with Crippen molar-refractivity contribution >= 4 is 24.9 Å². The molecule has 1 aromatic carbocycles. The van der Waals surface area contributed by atoms with Gasteiger partial charge >= 0.3 is 11.0 Å². The second-order valence-corrected chi connectivity index (χ2v) is 10.5. The Hall–Kier alpha value is -2.32. The van der Waals surface area contributed by atoms with Crippen molar-refractivity contribution in [3.63, 3.8) is 0 Å². The summed E-state index contributed by atoms with van der Waals surface area (Å²) < 4.78 is 41.8. The first-order valence-electron chi connectivity index (χ1n) is 6.03. The Morgan fingerprint density at radius 3 is 2.05 bits per heavy atom. The molecule has 0 amide bonds. The van der Waals surface area contributed by atoms with Gasteiger partial charge in [0, 0.05) is 5.56 Å². The number of hydrogen-bond acceptors (Lipinski definition) is 3. The molecular weight excluding hydrogens is 319 g/mol. The van der Waals surface area contributed by atoms with Crippen LogP contribution in [0.15, 0.2) is 0 Å². The minimum Gasteiger partial charge on any atom is -0.362 e. The number of nitro benzene ring substituents is 1. The highest BCUT2D eigenvalue weighted by Gasteiger charge is 2.43. The molecule has 0 heterocycles. The maximum absolute atomic E-state index is 14.1. The Balaban J connectivity index is 3.80. The maximum atomic E-state index is 14.1. The summed E-state index contributed by atoms with van der Waals surface area (Å²) in [6.45, 7) is 5.56. The lowest BCUT2D eigenvalue weighted by molar-refractivity contribution is -0.390. The predicted octanol–water partition coefficient (Wildman–Crippen LogP) is 3.05. The molecule has 0 bridgehead atoms. The number of hydrogen-bond donors (Lipinski definition) is 0. The van der Waals surface area contributed by atoms with E-state index >= 15 is 0 Å². The largest absolute Gasteiger partial charge is 0.362 e. The van der Waals surface area contributed by atoms with E-state index < -0.39 is 58.4 Å². The van der Waals surface area contributed by atoms with Gasteiger partial charge in [-0.2, -0.15) is 13.6 Å². The first kappa shape index (κ1) is 17.7. The first-order chi connectivity index (χ1) is 9.95. The van der Waals surface area contributed by atoms with Crippen molar-refractivity contribution < 1.29 is 27.7 Å². The summed E-state index contributed by atoms with van der Waals surface area (Å²) in [6.07, 6.45) is 0. The maximum Gasteiger partial charge on any atom is 0.341 e. The molecule has 1 aromatic rings. The van der Waals surface area contributed by atoms with E-state index in [1.807, 2.05) is 0 Å². The predicted molar refractivity (Wildman–Crippen MR) is 74.0 cm³/mol. The van der Waals surface area contributed by atoms with Crippen LogP contribution in [0.3, 0.4) is 0 Å². The highest BCUT2D eigenvalue weighted by molar-refractivity contribution is 7.12. The fourth-order valence-corrected chi connectivity index (χ4v) is 2.89. The van der Waals surface area contributed by atoms with Crippen molar-refractivity contribution in [3.05, 3.63) is 44.2 Å². The van der Waals surface area contributed by atoms with E-state index in [-0.39, 0.29) is 0 Å². The van der Waals surface area contributed by atoms with Crippen LogP contribution >= 0.6 is 0 Å². The van der Waals surface area contributed by atoms with Crippen molar-refractivity contribution in [1.82, 2.24) is 0 Å². The molecule has 0 saturated heterocycles. The molecule has 0 aliphatic rings. The SMILES string of the molecule is Cc1c(F)c(C(=O)C(=[N+]=[N-])[Si](C)(C)C)c(F)c([N+](=O)[O-])c1F. The Labute approximate surface area is 124 Å². The lowest BCUT2D eigenvalue weighted by Gasteiger charge is -2.11. The van der Waals surface area contributed by atoms with Crippen molar-refractivity contribution in [2.75, 3.05) is 0 Å². The number of nitro groups is 1. The monoisotopic (exact) mass is 331 g/mol. The van der Waals surface area contributed by atoms with Gasteiger partial charge in [0.15, 0.2) is 8.07 Å². The normalized spacial score (nSPS) is 11.0. The molecule has 0 radical (unpaired) electrons. The molecule has 22 heavy (non-hydrogen) atoms. The molecule has 10 heteroatoms. The van der Waals surface area contributed by atoms with E-state index in [1.165, 1.54) is 0 Å². The van der Waals surface area contributed by atoms with Gasteiger partial charge in [0.05, 0.1) is 4.92 Å². The third-order valence-electron chi connectivity index (χ3n) is 2.95. The number of carbonyl (C=O) groups excluding carboxylic acids is 1. The number of halogens is 3. The van der Waals surface area contributed by atoms with E-state index in [1.54, 1.807) is 19.6 Å². The fourth-order valence-electron chi connectivity index (χ4n) is 1.79. The van der Waals surface area contributed by atoms with E-state index in [4.69, 9.17) is 5.53 Å². The van der Waals surface area contributed by atoms with Crippen LogP contribution in [0.5, 0.6) is 0 Å². The highest BCUT2D eigenvalue weighted by atomic mass is 28.3. The third kappa shape index (κ3) is 2.83. The summed E-state index contributed by atoms with van der Waals surface area (Å²) in [4.78, 5) is 24.4. The number of Topliss-reactive ketones (excluding diaryl/α,β-unsaturated/α-hetero) is 1. The van der Waals surface area contributed by atoms with Gasteiger partial charge in [-0.1, -0.05) is 19.6 Å². The van der Waals surface area contributed by atoms with Crippen molar-refractivity contribution in [1.29, 1.82) is 0 Å². The molecule has 0 saturated carbocycles. The smallest absolute Gasteiger partial charge is 0.341 e. The molecule has 6 nitrogen and oxygen atoms in total. The zero-order valence-corrected chi connectivity index (χ0v) is 13.2. The van der Waals surface area contributed by atoms with Gasteiger partial charge in [-0.05, 0) is 6.92 Å². The van der Waals surface area contributed by atoms with Gasteiger partial charge in [0.2, 0.25) is 11.6 Å². The van der Waals surface area contributed by atoms with Gasteiger partial charge in [-0.15, -0.1) is 0 Å². The molecule has 0 spiro atoms. The number of nitrogens with zero attached hydrogens (tertiary/aromatic N) is 3. The summed E-state index contributed by atoms with van der Waals surface area (Å²) in [5.74, 6) is -6.49. The topological polar surface area (TPSA) is 96.6 Å². The summed E-state index contributed by atoms with van der Waals surface area (Å²) in [5.41, 5.74) is 5.16. The van der Waals surface area contributed by atoms with Crippen molar-refractivity contribution in [2.45, 2.75) is 26.6 Å². The van der Waals surface area contributed by atoms with Gasteiger partial charge in [-0.3, -0.25) is 14.9 Å². The van der Waals surface area contributed by atoms with Crippen LogP contribution in [0.2, 0.25) is 19.6 Å². The third-order valence-corrected chi connectivity index (χ3v) is 4.70. The molecule has 0 N–H and O–H groups in total. The van der Waals surface area contributed by atoms with Crippen LogP contribution in [0.1, 0.15) is 15.9 Å². The zero-order valence-electron chi connectivity index (χ0n) is 12.2. The number of rotatable bonds is 4. The summed E-state index contributed by atoms with van der Waals surface area (Å²) >= 11 is 0. The number of ketones is 1. The van der Waals surface area contributed by atoms with E-state index in [9.17, 15) is 28.1 Å². The van der Waals surface area contributed by atoms with Gasteiger partial charge in [0.1, 0.15) is 11.4 Å². The van der Waals surface area contributed by atoms with Gasteiger partial charge in [0.25, 0.3) is 5.78 Å². The Morgan fingerprint density at radius 1 is 1.18 bits per heavy atom. The van der Waals surface area contributed by atoms with Crippen molar-refractivity contribution in [2.24, 2.45) is 0 Å².